The molecule has 8 nitrogen and oxygen atoms in total. The number of unbranched alkanes of at least 4 members (excludes halogenated alkanes) is 6. The zero-order valence-electron chi connectivity index (χ0n) is 17.5. The second-order valence-corrected chi connectivity index (χ2v) is 7.32. The molecule has 0 aromatic carbocycles. The summed E-state index contributed by atoms with van der Waals surface area (Å²) in [5.74, 6) is -1.15. The maximum atomic E-state index is 12.5. The molecule has 0 aromatic rings. The van der Waals surface area contributed by atoms with Gasteiger partial charge in [0, 0.05) is 6.42 Å². The molecule has 0 aromatic heterocycles. The van der Waals surface area contributed by atoms with Gasteiger partial charge < -0.3 is 27.8 Å². The van der Waals surface area contributed by atoms with E-state index in [0.717, 1.165) is 19.3 Å². The highest BCUT2D eigenvalue weighted by Gasteiger charge is 2.24. The van der Waals surface area contributed by atoms with Crippen LogP contribution in [-0.4, -0.2) is 42.9 Å². The molecular weight excluding hydrogens is 358 g/mol. The summed E-state index contributed by atoms with van der Waals surface area (Å²) < 4.78 is 0. The molecule has 2 atom stereocenters. The van der Waals surface area contributed by atoms with Crippen molar-refractivity contribution in [2.75, 3.05) is 13.1 Å². The zero-order valence-corrected chi connectivity index (χ0v) is 17.5. The van der Waals surface area contributed by atoms with Crippen molar-refractivity contribution in [3.63, 3.8) is 0 Å². The maximum Gasteiger partial charge on any atom is 0.243 e. The number of nitrogens with two attached hydrogens (primary N) is 3. The first-order valence-electron chi connectivity index (χ1n) is 10.7. The Labute approximate surface area is 169 Å². The van der Waals surface area contributed by atoms with Crippen LogP contribution in [-0.2, 0) is 14.4 Å². The Balaban J connectivity index is 4.44. The molecule has 0 radical (unpaired) electrons. The van der Waals surface area contributed by atoms with Crippen molar-refractivity contribution in [1.29, 1.82) is 0 Å². The van der Waals surface area contributed by atoms with Gasteiger partial charge in [0.2, 0.25) is 17.7 Å². The summed E-state index contributed by atoms with van der Waals surface area (Å²) in [7, 11) is 0. The Morgan fingerprint density at radius 2 is 1.29 bits per heavy atom. The largest absolute Gasteiger partial charge is 0.368 e. The second kappa shape index (κ2) is 17.4. The van der Waals surface area contributed by atoms with Gasteiger partial charge in [0.1, 0.15) is 12.1 Å². The van der Waals surface area contributed by atoms with Crippen LogP contribution in [0.2, 0.25) is 0 Å². The molecule has 0 aliphatic carbocycles. The smallest absolute Gasteiger partial charge is 0.243 e. The molecular formula is C20H41N5O3. The van der Waals surface area contributed by atoms with Crippen molar-refractivity contribution >= 4 is 17.7 Å². The predicted molar refractivity (Wildman–Crippen MR) is 112 cm³/mol. The lowest BCUT2D eigenvalue weighted by molar-refractivity contribution is -0.131. The van der Waals surface area contributed by atoms with Crippen LogP contribution < -0.4 is 27.8 Å². The number of rotatable bonds is 18. The molecule has 164 valence electrons. The van der Waals surface area contributed by atoms with Crippen LogP contribution in [0.25, 0.3) is 0 Å². The number of carbonyl (C=O) groups excluding carboxylic acids is 3. The Kier molecular flexibility index (Phi) is 16.4. The van der Waals surface area contributed by atoms with Gasteiger partial charge in [0.05, 0.1) is 0 Å². The Morgan fingerprint density at radius 3 is 1.82 bits per heavy atom. The third-order valence-corrected chi connectivity index (χ3v) is 4.71. The van der Waals surface area contributed by atoms with E-state index in [9.17, 15) is 14.4 Å². The van der Waals surface area contributed by atoms with E-state index in [4.69, 9.17) is 17.2 Å². The Bertz CT molecular complexity index is 446. The lowest BCUT2D eigenvalue weighted by atomic mass is 10.1. The molecule has 0 aliphatic heterocycles. The van der Waals surface area contributed by atoms with Gasteiger partial charge in [-0.1, -0.05) is 45.4 Å². The Morgan fingerprint density at radius 1 is 0.750 bits per heavy atom. The van der Waals surface area contributed by atoms with Crippen molar-refractivity contribution in [3.8, 4) is 0 Å². The lowest BCUT2D eigenvalue weighted by Crippen LogP contribution is -2.53. The van der Waals surface area contributed by atoms with Crippen LogP contribution in [0, 0.1) is 0 Å². The van der Waals surface area contributed by atoms with Gasteiger partial charge in [-0.2, -0.15) is 0 Å². The van der Waals surface area contributed by atoms with E-state index in [-0.39, 0.29) is 5.91 Å². The van der Waals surface area contributed by atoms with Crippen molar-refractivity contribution in [2.24, 2.45) is 17.2 Å². The molecule has 0 spiro atoms. The minimum atomic E-state index is -0.781. The average Bonchev–Trinajstić information content (AvgIpc) is 2.67. The summed E-state index contributed by atoms with van der Waals surface area (Å²) in [5, 5.41) is 5.42. The highest BCUT2D eigenvalue weighted by molar-refractivity contribution is 5.91. The third-order valence-electron chi connectivity index (χ3n) is 4.71. The van der Waals surface area contributed by atoms with Crippen LogP contribution in [0.15, 0.2) is 0 Å². The van der Waals surface area contributed by atoms with Crippen LogP contribution in [0.1, 0.15) is 84.0 Å². The van der Waals surface area contributed by atoms with Crippen LogP contribution in [0.5, 0.6) is 0 Å². The quantitative estimate of drug-likeness (QED) is 0.218. The first kappa shape index (κ1) is 26.3. The van der Waals surface area contributed by atoms with Crippen molar-refractivity contribution < 1.29 is 14.4 Å². The topological polar surface area (TPSA) is 153 Å². The Hall–Kier alpha value is -1.67. The molecule has 0 fully saturated rings. The molecule has 3 amide bonds. The van der Waals surface area contributed by atoms with Gasteiger partial charge in [-0.25, -0.2) is 0 Å². The van der Waals surface area contributed by atoms with E-state index >= 15 is 0 Å². The molecule has 0 aliphatic rings. The molecule has 8 N–H and O–H groups in total. The summed E-state index contributed by atoms with van der Waals surface area (Å²) in [6.45, 7) is 3.01. The van der Waals surface area contributed by atoms with Crippen molar-refractivity contribution in [1.82, 2.24) is 10.6 Å². The van der Waals surface area contributed by atoms with Gasteiger partial charge in [-0.15, -0.1) is 0 Å². The molecule has 0 saturated carbocycles. The van der Waals surface area contributed by atoms with Crippen LogP contribution in [0.4, 0.5) is 0 Å². The fourth-order valence-corrected chi connectivity index (χ4v) is 2.98. The van der Waals surface area contributed by atoms with Gasteiger partial charge >= 0.3 is 0 Å². The predicted octanol–water partition coefficient (Wildman–Crippen LogP) is 1.06. The van der Waals surface area contributed by atoms with Crippen molar-refractivity contribution in [2.45, 2.75) is 96.1 Å². The molecule has 2 unspecified atom stereocenters. The first-order valence-corrected chi connectivity index (χ1v) is 10.7. The monoisotopic (exact) mass is 399 g/mol. The van der Waals surface area contributed by atoms with Gasteiger partial charge in [0.15, 0.2) is 0 Å². The lowest BCUT2D eigenvalue weighted by Gasteiger charge is -2.22. The number of amides is 3. The molecule has 0 heterocycles. The van der Waals surface area contributed by atoms with Crippen LogP contribution in [0.3, 0.4) is 0 Å². The summed E-state index contributed by atoms with van der Waals surface area (Å²) >= 11 is 0. The molecule has 0 bridgehead atoms. The minimum absolute atomic E-state index is 0.150. The normalized spacial score (nSPS) is 13.0. The third kappa shape index (κ3) is 13.5. The van der Waals surface area contributed by atoms with E-state index in [1.807, 2.05) is 0 Å². The van der Waals surface area contributed by atoms with Crippen molar-refractivity contribution in [3.05, 3.63) is 0 Å². The van der Waals surface area contributed by atoms with Gasteiger partial charge in [-0.05, 0) is 45.2 Å². The van der Waals surface area contributed by atoms with E-state index in [0.29, 0.717) is 45.2 Å². The van der Waals surface area contributed by atoms with E-state index in [1.54, 1.807) is 0 Å². The fourth-order valence-electron chi connectivity index (χ4n) is 2.98. The number of hydrogen-bond donors (Lipinski definition) is 5. The molecule has 28 heavy (non-hydrogen) atoms. The number of primary amides is 1. The second-order valence-electron chi connectivity index (χ2n) is 7.32. The SMILES string of the molecule is CCCCCCCCCC(=O)NC(CCCN)C(=O)NC(CCCN)C(N)=O. The minimum Gasteiger partial charge on any atom is -0.368 e. The molecule has 0 rings (SSSR count). The number of hydrogen-bond acceptors (Lipinski definition) is 5. The maximum absolute atomic E-state index is 12.5. The van der Waals surface area contributed by atoms with E-state index in [1.165, 1.54) is 25.7 Å². The summed E-state index contributed by atoms with van der Waals surface area (Å²) in [6, 6.07) is -1.49. The zero-order chi connectivity index (χ0) is 21.2. The van der Waals surface area contributed by atoms with E-state index < -0.39 is 23.9 Å². The fraction of sp³-hybridized carbons (Fsp3) is 0.850. The number of nitrogens with one attached hydrogen (secondary N) is 2. The first-order chi connectivity index (χ1) is 13.5. The highest BCUT2D eigenvalue weighted by atomic mass is 16.2. The summed E-state index contributed by atoms with van der Waals surface area (Å²) in [4.78, 5) is 36.3. The summed E-state index contributed by atoms with van der Waals surface area (Å²) in [6.07, 6.45) is 10.3. The highest BCUT2D eigenvalue weighted by Crippen LogP contribution is 2.09. The molecule has 0 saturated heterocycles. The van der Waals surface area contributed by atoms with Gasteiger partial charge in [0.25, 0.3) is 0 Å². The van der Waals surface area contributed by atoms with Crippen LogP contribution >= 0.6 is 0 Å². The van der Waals surface area contributed by atoms with Gasteiger partial charge in [-0.3, -0.25) is 14.4 Å². The average molecular weight is 400 g/mol. The summed E-state index contributed by atoms with van der Waals surface area (Å²) in [5.41, 5.74) is 16.3. The number of carbonyl (C=O) groups is 3. The van der Waals surface area contributed by atoms with E-state index in [2.05, 4.69) is 17.6 Å². The standard InChI is InChI=1S/C20H41N5O3/c1-2-3-4-5-6-7-8-13-18(26)24-17(12-10-15-22)20(28)25-16(19(23)27)11-9-14-21/h16-17H,2-15,21-22H2,1H3,(H2,23,27)(H,24,26)(H,25,28). The molecule has 8 heteroatoms.